The normalized spacial score (nSPS) is 13.7. The molecule has 2 aromatic rings. The van der Waals surface area contributed by atoms with E-state index in [1.54, 1.807) is 16.7 Å². The number of hydrogen-bond acceptors (Lipinski definition) is 0. The van der Waals surface area contributed by atoms with Crippen molar-refractivity contribution in [2.24, 2.45) is 0 Å². The van der Waals surface area contributed by atoms with E-state index < -0.39 is 0 Å². The summed E-state index contributed by atoms with van der Waals surface area (Å²) in [6.45, 7) is 4.54. The van der Waals surface area contributed by atoms with Crippen molar-refractivity contribution in [3.8, 4) is 11.1 Å². The summed E-state index contributed by atoms with van der Waals surface area (Å²) in [6, 6.07) is 13.3. The van der Waals surface area contributed by atoms with E-state index >= 15 is 0 Å². The van der Waals surface area contributed by atoms with Crippen LogP contribution in [0.1, 0.15) is 35.6 Å². The molecule has 3 rings (SSSR count). The van der Waals surface area contributed by atoms with Crippen LogP contribution in [0.2, 0.25) is 0 Å². The Labute approximate surface area is 110 Å². The largest absolute Gasteiger partial charge is 0.0622 e. The van der Waals surface area contributed by atoms with Gasteiger partial charge in [0.15, 0.2) is 0 Å². The first kappa shape index (κ1) is 11.5. The number of rotatable bonds is 2. The lowest BCUT2D eigenvalue weighted by atomic mass is 9.89. The van der Waals surface area contributed by atoms with Crippen LogP contribution in [0.4, 0.5) is 0 Å². The Morgan fingerprint density at radius 3 is 2.44 bits per heavy atom. The minimum absolute atomic E-state index is 1.16. The Kier molecular flexibility index (Phi) is 2.95. The van der Waals surface area contributed by atoms with Gasteiger partial charge in [-0.15, -0.1) is 0 Å². The van der Waals surface area contributed by atoms with E-state index in [1.165, 1.54) is 36.0 Å². The SMILES string of the molecule is CCc1cc(C)c(-c2ccccc2)c2c1CCC2. The van der Waals surface area contributed by atoms with Crippen LogP contribution in [0.3, 0.4) is 0 Å². The van der Waals surface area contributed by atoms with Crippen LogP contribution in [0.15, 0.2) is 36.4 Å². The smallest absolute Gasteiger partial charge is 0.0120 e. The van der Waals surface area contributed by atoms with Gasteiger partial charge in [0.1, 0.15) is 0 Å². The van der Waals surface area contributed by atoms with Gasteiger partial charge in [0.25, 0.3) is 0 Å². The lowest BCUT2D eigenvalue weighted by Crippen LogP contribution is -1.98. The zero-order chi connectivity index (χ0) is 12.5. The molecular formula is C18H20. The standard InChI is InChI=1S/C18H20/c1-3-14-12-13(2)18(15-8-5-4-6-9-15)17-11-7-10-16(14)17/h4-6,8-9,12H,3,7,10-11H2,1-2H3. The van der Waals surface area contributed by atoms with Crippen molar-refractivity contribution in [1.82, 2.24) is 0 Å². The van der Waals surface area contributed by atoms with Crippen molar-refractivity contribution in [2.75, 3.05) is 0 Å². The maximum atomic E-state index is 2.41. The fourth-order valence-electron chi connectivity index (χ4n) is 3.35. The van der Waals surface area contributed by atoms with Crippen LogP contribution in [-0.2, 0) is 19.3 Å². The molecule has 0 radical (unpaired) electrons. The van der Waals surface area contributed by atoms with E-state index in [0.717, 1.165) is 6.42 Å². The average molecular weight is 236 g/mol. The van der Waals surface area contributed by atoms with Gasteiger partial charge in [-0.2, -0.15) is 0 Å². The lowest BCUT2D eigenvalue weighted by Gasteiger charge is -2.16. The topological polar surface area (TPSA) is 0 Å². The quantitative estimate of drug-likeness (QED) is 0.708. The van der Waals surface area contributed by atoms with Crippen LogP contribution in [0, 0.1) is 6.92 Å². The number of hydrogen-bond donors (Lipinski definition) is 0. The van der Waals surface area contributed by atoms with Crippen molar-refractivity contribution in [2.45, 2.75) is 39.5 Å². The fourth-order valence-corrected chi connectivity index (χ4v) is 3.35. The molecule has 1 aliphatic carbocycles. The first-order chi connectivity index (χ1) is 8.81. The van der Waals surface area contributed by atoms with Gasteiger partial charge in [-0.1, -0.05) is 43.3 Å². The molecule has 92 valence electrons. The predicted octanol–water partition coefficient (Wildman–Crippen LogP) is 4.71. The van der Waals surface area contributed by atoms with Gasteiger partial charge in [0.05, 0.1) is 0 Å². The number of benzene rings is 2. The third-order valence-electron chi connectivity index (χ3n) is 4.14. The Morgan fingerprint density at radius 2 is 1.72 bits per heavy atom. The molecule has 0 N–H and O–H groups in total. The summed E-state index contributed by atoms with van der Waals surface area (Å²) in [5, 5.41) is 0. The number of fused-ring (bicyclic) bond motifs is 1. The highest BCUT2D eigenvalue weighted by atomic mass is 14.2. The molecule has 0 fully saturated rings. The predicted molar refractivity (Wildman–Crippen MR) is 78.0 cm³/mol. The summed E-state index contributed by atoms with van der Waals surface area (Å²) in [6.07, 6.45) is 5.02. The summed E-state index contributed by atoms with van der Waals surface area (Å²) in [5.41, 5.74) is 9.16. The molecule has 0 bridgehead atoms. The van der Waals surface area contributed by atoms with E-state index in [9.17, 15) is 0 Å². The molecular weight excluding hydrogens is 216 g/mol. The van der Waals surface area contributed by atoms with Crippen molar-refractivity contribution in [3.63, 3.8) is 0 Å². The minimum Gasteiger partial charge on any atom is -0.0622 e. The summed E-state index contributed by atoms with van der Waals surface area (Å²) in [4.78, 5) is 0. The molecule has 0 heterocycles. The Hall–Kier alpha value is -1.56. The zero-order valence-electron chi connectivity index (χ0n) is 11.3. The zero-order valence-corrected chi connectivity index (χ0v) is 11.3. The van der Waals surface area contributed by atoms with E-state index in [4.69, 9.17) is 0 Å². The summed E-state index contributed by atoms with van der Waals surface area (Å²) in [5.74, 6) is 0. The van der Waals surface area contributed by atoms with Gasteiger partial charge < -0.3 is 0 Å². The van der Waals surface area contributed by atoms with Crippen LogP contribution in [-0.4, -0.2) is 0 Å². The van der Waals surface area contributed by atoms with E-state index in [2.05, 4.69) is 50.2 Å². The van der Waals surface area contributed by atoms with Crippen molar-refractivity contribution >= 4 is 0 Å². The molecule has 18 heavy (non-hydrogen) atoms. The molecule has 0 unspecified atom stereocenters. The maximum Gasteiger partial charge on any atom is -0.0120 e. The molecule has 0 spiro atoms. The molecule has 0 saturated carbocycles. The second-order valence-electron chi connectivity index (χ2n) is 5.26. The van der Waals surface area contributed by atoms with Crippen LogP contribution in [0.25, 0.3) is 11.1 Å². The molecule has 0 saturated heterocycles. The van der Waals surface area contributed by atoms with Crippen LogP contribution in [0.5, 0.6) is 0 Å². The highest BCUT2D eigenvalue weighted by molar-refractivity contribution is 5.74. The summed E-state index contributed by atoms with van der Waals surface area (Å²) < 4.78 is 0. The fraction of sp³-hybridized carbons (Fsp3) is 0.333. The van der Waals surface area contributed by atoms with Crippen LogP contribution >= 0.6 is 0 Å². The van der Waals surface area contributed by atoms with Gasteiger partial charge >= 0.3 is 0 Å². The molecule has 0 atom stereocenters. The Bertz CT molecular complexity index is 564. The second kappa shape index (κ2) is 4.61. The van der Waals surface area contributed by atoms with Crippen molar-refractivity contribution < 1.29 is 0 Å². The van der Waals surface area contributed by atoms with Gasteiger partial charge in [0, 0.05) is 0 Å². The minimum atomic E-state index is 1.16. The molecule has 0 aliphatic heterocycles. The van der Waals surface area contributed by atoms with E-state index in [-0.39, 0.29) is 0 Å². The maximum absolute atomic E-state index is 2.41. The van der Waals surface area contributed by atoms with Gasteiger partial charge in [-0.25, -0.2) is 0 Å². The highest BCUT2D eigenvalue weighted by Crippen LogP contribution is 2.37. The second-order valence-corrected chi connectivity index (χ2v) is 5.26. The number of aryl methyl sites for hydroxylation is 2. The molecule has 0 nitrogen and oxygen atoms in total. The highest BCUT2D eigenvalue weighted by Gasteiger charge is 2.20. The summed E-state index contributed by atoms with van der Waals surface area (Å²) in [7, 11) is 0. The Balaban J connectivity index is 2.25. The third-order valence-corrected chi connectivity index (χ3v) is 4.14. The Morgan fingerprint density at radius 1 is 1.00 bits per heavy atom. The van der Waals surface area contributed by atoms with Gasteiger partial charge in [-0.3, -0.25) is 0 Å². The molecule has 0 heteroatoms. The van der Waals surface area contributed by atoms with Gasteiger partial charge in [-0.05, 0) is 66.0 Å². The first-order valence-electron chi connectivity index (χ1n) is 7.01. The monoisotopic (exact) mass is 236 g/mol. The van der Waals surface area contributed by atoms with E-state index in [0.29, 0.717) is 0 Å². The lowest BCUT2D eigenvalue weighted by molar-refractivity contribution is 0.905. The molecule has 0 amide bonds. The van der Waals surface area contributed by atoms with Crippen molar-refractivity contribution in [3.05, 3.63) is 58.7 Å². The van der Waals surface area contributed by atoms with Gasteiger partial charge in [0.2, 0.25) is 0 Å². The van der Waals surface area contributed by atoms with Crippen LogP contribution < -0.4 is 0 Å². The van der Waals surface area contributed by atoms with Crippen molar-refractivity contribution in [1.29, 1.82) is 0 Å². The first-order valence-corrected chi connectivity index (χ1v) is 7.01. The molecule has 1 aliphatic rings. The third kappa shape index (κ3) is 1.77. The molecule has 0 aromatic heterocycles. The van der Waals surface area contributed by atoms with E-state index in [1.807, 2.05) is 0 Å². The summed E-state index contributed by atoms with van der Waals surface area (Å²) >= 11 is 0. The molecule has 2 aromatic carbocycles. The average Bonchev–Trinajstić information content (AvgIpc) is 2.87.